The first-order chi connectivity index (χ1) is 11.3. The van der Waals surface area contributed by atoms with Gasteiger partial charge in [0.25, 0.3) is 0 Å². The number of aliphatic hydroxyl groups is 3. The average Bonchev–Trinajstić information content (AvgIpc) is 2.90. The van der Waals surface area contributed by atoms with Gasteiger partial charge < -0.3 is 15.3 Å². The first-order valence-electron chi connectivity index (χ1n) is 9.19. The topological polar surface area (TPSA) is 60.7 Å². The average molecular weight is 322 g/mol. The highest BCUT2D eigenvalue weighted by Gasteiger charge is 2.27. The minimum Gasteiger partial charge on any atom is -0.396 e. The number of hydrogen-bond donors (Lipinski definition) is 3. The zero-order valence-electron chi connectivity index (χ0n) is 14.3. The van der Waals surface area contributed by atoms with E-state index in [2.05, 4.69) is 30.4 Å². The predicted octanol–water partition coefficient (Wildman–Crippen LogP) is 3.76. The van der Waals surface area contributed by atoms with Crippen molar-refractivity contribution in [3.05, 3.63) is 36.5 Å². The molecular weight excluding hydrogens is 288 g/mol. The Labute approximate surface area is 141 Å². The molecule has 0 spiro atoms. The summed E-state index contributed by atoms with van der Waals surface area (Å²) in [5.41, 5.74) is 0. The zero-order chi connectivity index (χ0) is 16.8. The molecule has 0 aromatic carbocycles. The molecule has 0 aliphatic heterocycles. The van der Waals surface area contributed by atoms with Gasteiger partial charge >= 0.3 is 0 Å². The van der Waals surface area contributed by atoms with Crippen molar-refractivity contribution in [2.24, 2.45) is 11.8 Å². The normalized spacial score (nSPS) is 24.4. The molecule has 0 aromatic heterocycles. The summed E-state index contributed by atoms with van der Waals surface area (Å²) in [4.78, 5) is 0. The van der Waals surface area contributed by atoms with E-state index in [9.17, 15) is 5.11 Å². The molecule has 3 N–H and O–H groups in total. The van der Waals surface area contributed by atoms with Crippen LogP contribution in [0, 0.1) is 11.8 Å². The molecule has 1 aliphatic carbocycles. The fraction of sp³-hybridized carbons (Fsp3) is 0.700. The van der Waals surface area contributed by atoms with Crippen LogP contribution in [0.1, 0.15) is 57.8 Å². The third-order valence-corrected chi connectivity index (χ3v) is 4.45. The lowest BCUT2D eigenvalue weighted by Gasteiger charge is -2.18. The Bertz CT molecular complexity index is 360. The minimum atomic E-state index is -0.337. The second-order valence-corrected chi connectivity index (χ2v) is 6.40. The number of aliphatic hydroxyl groups excluding tert-OH is 3. The van der Waals surface area contributed by atoms with Crippen molar-refractivity contribution in [2.45, 2.75) is 63.9 Å². The number of rotatable bonds is 13. The van der Waals surface area contributed by atoms with Crippen LogP contribution in [-0.2, 0) is 0 Å². The van der Waals surface area contributed by atoms with E-state index in [1.807, 2.05) is 6.08 Å². The Morgan fingerprint density at radius 3 is 2.17 bits per heavy atom. The number of unbranched alkanes of at least 4 members (excludes halogenated alkanes) is 6. The van der Waals surface area contributed by atoms with Crippen LogP contribution in [0.5, 0.6) is 0 Å². The fourth-order valence-corrected chi connectivity index (χ4v) is 2.98. The van der Waals surface area contributed by atoms with Crippen LogP contribution in [-0.4, -0.2) is 34.6 Å². The summed E-state index contributed by atoms with van der Waals surface area (Å²) < 4.78 is 0. The van der Waals surface area contributed by atoms with E-state index in [0.717, 1.165) is 44.9 Å². The molecule has 0 fully saturated rings. The van der Waals surface area contributed by atoms with Gasteiger partial charge in [-0.3, -0.25) is 0 Å². The van der Waals surface area contributed by atoms with Crippen LogP contribution in [0.4, 0.5) is 0 Å². The Balaban J connectivity index is 2.23. The van der Waals surface area contributed by atoms with Gasteiger partial charge in [-0.25, -0.2) is 0 Å². The van der Waals surface area contributed by atoms with Crippen molar-refractivity contribution in [2.75, 3.05) is 13.2 Å². The summed E-state index contributed by atoms with van der Waals surface area (Å²) in [6.07, 6.45) is 21.8. The molecule has 0 saturated carbocycles. The van der Waals surface area contributed by atoms with Crippen molar-refractivity contribution in [3.63, 3.8) is 0 Å². The zero-order valence-corrected chi connectivity index (χ0v) is 14.3. The molecular formula is C20H34O3. The molecule has 1 rings (SSSR count). The molecule has 23 heavy (non-hydrogen) atoms. The Morgan fingerprint density at radius 2 is 1.39 bits per heavy atom. The molecule has 132 valence electrons. The molecule has 0 radical (unpaired) electrons. The van der Waals surface area contributed by atoms with Gasteiger partial charge in [0.15, 0.2) is 0 Å². The van der Waals surface area contributed by atoms with Crippen LogP contribution in [0.15, 0.2) is 36.5 Å². The predicted molar refractivity (Wildman–Crippen MR) is 96.1 cm³/mol. The standard InChI is InChI=1S/C20H34O3/c21-16-10-6-2-1-4-8-12-18-14-15-20(23)19(18)13-9-5-3-7-11-17-22/h5,8-9,12,14-15,18-23H,1-4,6-7,10-11,13,16-17H2/b9-5-,12-8?/t18-,19?,20-/m1/s1. The lowest BCUT2D eigenvalue weighted by atomic mass is 9.90. The lowest BCUT2D eigenvalue weighted by molar-refractivity contribution is 0.153. The molecule has 0 saturated heterocycles. The number of allylic oxidation sites excluding steroid dienone is 5. The quantitative estimate of drug-likeness (QED) is 0.357. The van der Waals surface area contributed by atoms with Crippen molar-refractivity contribution in [3.8, 4) is 0 Å². The third kappa shape index (κ3) is 9.09. The molecule has 3 heteroatoms. The molecule has 0 amide bonds. The van der Waals surface area contributed by atoms with E-state index in [0.29, 0.717) is 12.5 Å². The Morgan fingerprint density at radius 1 is 0.739 bits per heavy atom. The summed E-state index contributed by atoms with van der Waals surface area (Å²) >= 11 is 0. The summed E-state index contributed by atoms with van der Waals surface area (Å²) in [5, 5.41) is 27.6. The monoisotopic (exact) mass is 322 g/mol. The van der Waals surface area contributed by atoms with Gasteiger partial charge in [-0.1, -0.05) is 49.3 Å². The van der Waals surface area contributed by atoms with Crippen LogP contribution < -0.4 is 0 Å². The van der Waals surface area contributed by atoms with Crippen LogP contribution >= 0.6 is 0 Å². The second kappa shape index (κ2) is 13.5. The van der Waals surface area contributed by atoms with Gasteiger partial charge in [-0.2, -0.15) is 0 Å². The van der Waals surface area contributed by atoms with Crippen LogP contribution in [0.3, 0.4) is 0 Å². The Hall–Kier alpha value is -0.900. The number of hydrogen-bond acceptors (Lipinski definition) is 3. The first kappa shape index (κ1) is 20.1. The smallest absolute Gasteiger partial charge is 0.0760 e. The highest BCUT2D eigenvalue weighted by atomic mass is 16.3. The third-order valence-electron chi connectivity index (χ3n) is 4.45. The fourth-order valence-electron chi connectivity index (χ4n) is 2.98. The van der Waals surface area contributed by atoms with E-state index < -0.39 is 0 Å². The molecule has 0 aromatic rings. The first-order valence-corrected chi connectivity index (χ1v) is 9.19. The van der Waals surface area contributed by atoms with E-state index >= 15 is 0 Å². The molecule has 3 atom stereocenters. The van der Waals surface area contributed by atoms with Crippen molar-refractivity contribution in [1.29, 1.82) is 0 Å². The van der Waals surface area contributed by atoms with Crippen LogP contribution in [0.25, 0.3) is 0 Å². The second-order valence-electron chi connectivity index (χ2n) is 6.40. The van der Waals surface area contributed by atoms with Gasteiger partial charge in [0.2, 0.25) is 0 Å². The summed E-state index contributed by atoms with van der Waals surface area (Å²) in [6, 6.07) is 0. The maximum absolute atomic E-state index is 10.1. The van der Waals surface area contributed by atoms with Crippen molar-refractivity contribution < 1.29 is 15.3 Å². The molecule has 0 bridgehead atoms. The Kier molecular flexibility index (Phi) is 11.9. The van der Waals surface area contributed by atoms with Gasteiger partial charge in [0.1, 0.15) is 0 Å². The van der Waals surface area contributed by atoms with Crippen LogP contribution in [0.2, 0.25) is 0 Å². The van der Waals surface area contributed by atoms with Gasteiger partial charge in [-0.05, 0) is 44.9 Å². The highest BCUT2D eigenvalue weighted by Crippen LogP contribution is 2.30. The molecule has 3 nitrogen and oxygen atoms in total. The maximum Gasteiger partial charge on any atom is 0.0760 e. The summed E-state index contributed by atoms with van der Waals surface area (Å²) in [6.45, 7) is 0.571. The molecule has 0 heterocycles. The van der Waals surface area contributed by atoms with Gasteiger partial charge in [0.05, 0.1) is 6.10 Å². The SMILES string of the molecule is OCCCC/C=C\CC1[C@H](C=CCCCCCCO)C=C[C@H]1O. The largest absolute Gasteiger partial charge is 0.396 e. The molecule has 1 unspecified atom stereocenters. The summed E-state index contributed by atoms with van der Waals surface area (Å²) in [5.74, 6) is 0.597. The maximum atomic E-state index is 10.1. The van der Waals surface area contributed by atoms with E-state index in [-0.39, 0.29) is 18.6 Å². The van der Waals surface area contributed by atoms with E-state index in [1.54, 1.807) is 0 Å². The van der Waals surface area contributed by atoms with E-state index in [1.165, 1.54) is 12.8 Å². The van der Waals surface area contributed by atoms with Gasteiger partial charge in [-0.15, -0.1) is 0 Å². The molecule has 1 aliphatic rings. The minimum absolute atomic E-state index is 0.259. The summed E-state index contributed by atoms with van der Waals surface area (Å²) in [7, 11) is 0. The van der Waals surface area contributed by atoms with E-state index in [4.69, 9.17) is 10.2 Å². The lowest BCUT2D eigenvalue weighted by Crippen LogP contribution is -2.18. The van der Waals surface area contributed by atoms with Crippen molar-refractivity contribution in [1.82, 2.24) is 0 Å². The highest BCUT2D eigenvalue weighted by molar-refractivity contribution is 5.15. The van der Waals surface area contributed by atoms with Crippen molar-refractivity contribution >= 4 is 0 Å². The van der Waals surface area contributed by atoms with Gasteiger partial charge in [0, 0.05) is 25.0 Å².